The Morgan fingerprint density at radius 1 is 1.32 bits per heavy atom. The fourth-order valence-corrected chi connectivity index (χ4v) is 4.90. The van der Waals surface area contributed by atoms with Gasteiger partial charge in [-0.25, -0.2) is 0 Å². The highest BCUT2D eigenvalue weighted by molar-refractivity contribution is 8.17. The van der Waals surface area contributed by atoms with Gasteiger partial charge in [0.2, 0.25) is 0 Å². The molecule has 96 valence electrons. The van der Waals surface area contributed by atoms with E-state index in [9.17, 15) is 0 Å². The number of fused-ring (bicyclic) bond motifs is 2. The molecular weight excluding hydrogens is 296 g/mol. The van der Waals surface area contributed by atoms with Crippen molar-refractivity contribution in [1.82, 2.24) is 4.90 Å². The van der Waals surface area contributed by atoms with Crippen LogP contribution in [0.5, 0.6) is 0 Å². The van der Waals surface area contributed by atoms with Crippen molar-refractivity contribution in [1.29, 1.82) is 0 Å². The molecule has 0 spiro atoms. The summed E-state index contributed by atoms with van der Waals surface area (Å²) in [5, 5.41) is 5.24. The normalized spacial score (nSPS) is 18.4. The highest BCUT2D eigenvalue weighted by atomic mass is 35.5. The van der Waals surface area contributed by atoms with Gasteiger partial charge in [0.1, 0.15) is 0 Å². The molecule has 0 atom stereocenters. The maximum atomic E-state index is 6.27. The summed E-state index contributed by atoms with van der Waals surface area (Å²) in [5.41, 5.74) is 2.59. The average molecular weight is 307 g/mol. The third-order valence-electron chi connectivity index (χ3n) is 3.47. The van der Waals surface area contributed by atoms with Crippen molar-refractivity contribution >= 4 is 55.7 Å². The molecule has 4 rings (SSSR count). The Morgan fingerprint density at radius 2 is 2.21 bits per heavy atom. The van der Waals surface area contributed by atoms with Crippen molar-refractivity contribution in [2.45, 2.75) is 6.92 Å². The molecule has 0 saturated heterocycles. The maximum Gasteiger partial charge on any atom is 0.168 e. The molecular formula is C14H11ClN2S2. The van der Waals surface area contributed by atoms with Crippen LogP contribution >= 0.6 is 34.7 Å². The monoisotopic (exact) mass is 306 g/mol. The third-order valence-corrected chi connectivity index (χ3v) is 5.78. The van der Waals surface area contributed by atoms with E-state index in [4.69, 9.17) is 11.6 Å². The number of rotatable bonds is 1. The van der Waals surface area contributed by atoms with Crippen molar-refractivity contribution in [3.63, 3.8) is 0 Å². The summed E-state index contributed by atoms with van der Waals surface area (Å²) < 4.78 is 1.27. The molecule has 0 fully saturated rings. The van der Waals surface area contributed by atoms with Gasteiger partial charge in [0, 0.05) is 32.1 Å². The fourth-order valence-electron chi connectivity index (χ4n) is 2.65. The minimum Gasteiger partial charge on any atom is -0.318 e. The number of halogens is 1. The number of allylic oxidation sites excluding steroid dienone is 1. The van der Waals surface area contributed by atoms with Gasteiger partial charge in [-0.15, -0.1) is 11.3 Å². The molecule has 1 aromatic carbocycles. The lowest BCUT2D eigenvalue weighted by Crippen LogP contribution is -2.20. The van der Waals surface area contributed by atoms with E-state index in [0.29, 0.717) is 0 Å². The first-order valence-corrected chi connectivity index (χ1v) is 8.20. The Kier molecular flexibility index (Phi) is 2.65. The zero-order valence-electron chi connectivity index (χ0n) is 10.3. The Hall–Kier alpha value is -0.970. The number of amidine groups is 1. The number of hydrogen-bond acceptors (Lipinski definition) is 4. The lowest BCUT2D eigenvalue weighted by atomic mass is 10.1. The summed E-state index contributed by atoms with van der Waals surface area (Å²) in [4.78, 5) is 8.22. The van der Waals surface area contributed by atoms with E-state index in [1.807, 2.05) is 6.07 Å². The smallest absolute Gasteiger partial charge is 0.168 e. The molecule has 0 amide bonds. The van der Waals surface area contributed by atoms with E-state index in [2.05, 4.69) is 34.3 Å². The molecule has 0 unspecified atom stereocenters. The van der Waals surface area contributed by atoms with Crippen molar-refractivity contribution < 1.29 is 0 Å². The predicted octanol–water partition coefficient (Wildman–Crippen LogP) is 4.66. The molecule has 0 saturated carbocycles. The summed E-state index contributed by atoms with van der Waals surface area (Å²) in [6.07, 6.45) is 0. The van der Waals surface area contributed by atoms with Gasteiger partial charge in [0.15, 0.2) is 5.17 Å². The third kappa shape index (κ3) is 1.67. The Labute approximate surface area is 124 Å². The van der Waals surface area contributed by atoms with E-state index < -0.39 is 0 Å². The minimum atomic E-state index is 0.833. The Balaban J connectivity index is 1.96. The fraction of sp³-hybridized carbons (Fsp3) is 0.214. The SMILES string of the molecule is CC1=C(c2ccc(Cl)c3ccsc23)N2CCN=C2S1. The molecule has 0 aliphatic carbocycles. The molecule has 0 bridgehead atoms. The van der Waals surface area contributed by atoms with Crippen molar-refractivity contribution in [3.05, 3.63) is 39.1 Å². The molecule has 3 heterocycles. The first kappa shape index (κ1) is 11.8. The summed E-state index contributed by atoms with van der Waals surface area (Å²) in [5.74, 6) is 0. The highest BCUT2D eigenvalue weighted by Gasteiger charge is 2.31. The molecule has 2 aliphatic rings. The number of benzene rings is 1. The first-order chi connectivity index (χ1) is 9.25. The van der Waals surface area contributed by atoms with E-state index in [1.165, 1.54) is 20.9 Å². The van der Waals surface area contributed by atoms with Crippen molar-refractivity contribution in [3.8, 4) is 0 Å². The molecule has 2 aliphatic heterocycles. The van der Waals surface area contributed by atoms with Crippen LogP contribution in [0.3, 0.4) is 0 Å². The second-order valence-electron chi connectivity index (χ2n) is 4.58. The largest absolute Gasteiger partial charge is 0.318 e. The lowest BCUT2D eigenvalue weighted by Gasteiger charge is -2.18. The molecule has 1 aromatic heterocycles. The standard InChI is InChI=1S/C14H11ClN2S2/c1-8-12(17-6-5-16-14(17)19-8)10-2-3-11(15)9-4-7-18-13(9)10/h2-4,7H,5-6H2,1H3. The van der Waals surface area contributed by atoms with Gasteiger partial charge in [-0.05, 0) is 30.5 Å². The van der Waals surface area contributed by atoms with Crippen LogP contribution in [0.25, 0.3) is 15.8 Å². The van der Waals surface area contributed by atoms with Crippen molar-refractivity contribution in [2.75, 3.05) is 13.1 Å². The second-order valence-corrected chi connectivity index (χ2v) is 7.09. The molecule has 19 heavy (non-hydrogen) atoms. The summed E-state index contributed by atoms with van der Waals surface area (Å²) in [6.45, 7) is 4.07. The minimum absolute atomic E-state index is 0.833. The highest BCUT2D eigenvalue weighted by Crippen LogP contribution is 2.44. The molecule has 2 aromatic rings. The first-order valence-electron chi connectivity index (χ1n) is 6.12. The number of aliphatic imine (C=N–C) groups is 1. The van der Waals surface area contributed by atoms with Crippen LogP contribution in [-0.2, 0) is 0 Å². The van der Waals surface area contributed by atoms with E-state index in [0.717, 1.165) is 28.7 Å². The van der Waals surface area contributed by atoms with Gasteiger partial charge in [0.05, 0.1) is 12.2 Å². The predicted molar refractivity (Wildman–Crippen MR) is 86.0 cm³/mol. The lowest BCUT2D eigenvalue weighted by molar-refractivity contribution is 0.648. The van der Waals surface area contributed by atoms with Crippen molar-refractivity contribution in [2.24, 2.45) is 4.99 Å². The van der Waals surface area contributed by atoms with Crippen LogP contribution in [0.4, 0.5) is 0 Å². The zero-order chi connectivity index (χ0) is 13.0. The quantitative estimate of drug-likeness (QED) is 0.761. The van der Waals surface area contributed by atoms with Gasteiger partial charge in [0.25, 0.3) is 0 Å². The van der Waals surface area contributed by atoms with Gasteiger partial charge >= 0.3 is 0 Å². The Morgan fingerprint density at radius 3 is 3.11 bits per heavy atom. The van der Waals surface area contributed by atoms with E-state index >= 15 is 0 Å². The van der Waals surface area contributed by atoms with Crippen LogP contribution < -0.4 is 0 Å². The van der Waals surface area contributed by atoms with Crippen LogP contribution in [0.1, 0.15) is 12.5 Å². The summed E-state index contributed by atoms with van der Waals surface area (Å²) >= 11 is 9.81. The molecule has 5 heteroatoms. The molecule has 0 N–H and O–H groups in total. The van der Waals surface area contributed by atoms with E-state index in [-0.39, 0.29) is 0 Å². The van der Waals surface area contributed by atoms with Crippen LogP contribution in [0.15, 0.2) is 33.5 Å². The summed E-state index contributed by atoms with van der Waals surface area (Å²) in [7, 11) is 0. The van der Waals surface area contributed by atoms with E-state index in [1.54, 1.807) is 23.1 Å². The van der Waals surface area contributed by atoms with Crippen LogP contribution in [-0.4, -0.2) is 23.2 Å². The second kappa shape index (κ2) is 4.27. The molecule has 2 nitrogen and oxygen atoms in total. The zero-order valence-corrected chi connectivity index (χ0v) is 12.7. The number of thiophene rings is 1. The van der Waals surface area contributed by atoms with Crippen LogP contribution in [0, 0.1) is 0 Å². The van der Waals surface area contributed by atoms with Gasteiger partial charge in [-0.3, -0.25) is 4.99 Å². The topological polar surface area (TPSA) is 15.6 Å². The number of thioether (sulfide) groups is 1. The van der Waals surface area contributed by atoms with Gasteiger partial charge < -0.3 is 4.90 Å². The van der Waals surface area contributed by atoms with Gasteiger partial charge in [-0.2, -0.15) is 0 Å². The van der Waals surface area contributed by atoms with Gasteiger partial charge in [-0.1, -0.05) is 23.4 Å². The summed E-state index contributed by atoms with van der Waals surface area (Å²) in [6, 6.07) is 6.24. The maximum absolute atomic E-state index is 6.27. The molecule has 0 radical (unpaired) electrons. The number of nitrogens with zero attached hydrogens (tertiary/aromatic N) is 2. The van der Waals surface area contributed by atoms with Crippen LogP contribution in [0.2, 0.25) is 5.02 Å². The average Bonchev–Trinajstić information content (AvgIpc) is 3.05. The number of hydrogen-bond donors (Lipinski definition) is 0. The Bertz CT molecular complexity index is 745.